The highest BCUT2D eigenvalue weighted by atomic mass is 16.6. The number of ether oxygens (including phenoxy) is 4. The first-order valence-corrected chi connectivity index (χ1v) is 16.7. The quantitative estimate of drug-likeness (QED) is 0.0898. The van der Waals surface area contributed by atoms with Crippen LogP contribution < -0.4 is 4.74 Å². The molecule has 5 aromatic carbocycles. The van der Waals surface area contributed by atoms with Gasteiger partial charge in [-0.05, 0) is 88.0 Å². The van der Waals surface area contributed by atoms with Gasteiger partial charge in [-0.3, -0.25) is 0 Å². The molecule has 0 amide bonds. The van der Waals surface area contributed by atoms with Crippen LogP contribution in [0.2, 0.25) is 0 Å². The molecule has 2 unspecified atom stereocenters. The summed E-state index contributed by atoms with van der Waals surface area (Å²) in [6.07, 6.45) is 5.95. The number of hydrogen-bond acceptors (Lipinski definition) is 5. The molecule has 0 saturated carbocycles. The molecule has 244 valence electrons. The number of benzene rings is 5. The van der Waals surface area contributed by atoms with Gasteiger partial charge in [-0.25, -0.2) is 4.79 Å². The molecule has 0 N–H and O–H groups in total. The minimum absolute atomic E-state index is 0.259. The predicted octanol–water partition coefficient (Wildman–Crippen LogP) is 8.93. The third-order valence-electron chi connectivity index (χ3n) is 8.76. The molecule has 5 aromatic rings. The monoisotopic (exact) mass is 638 g/mol. The van der Waals surface area contributed by atoms with Crippen molar-refractivity contribution >= 4 is 18.1 Å². The zero-order valence-electron chi connectivity index (χ0n) is 27.6. The van der Waals surface area contributed by atoms with Gasteiger partial charge in [0.15, 0.2) is 6.10 Å². The Morgan fingerprint density at radius 1 is 0.708 bits per heavy atom. The molecule has 0 spiro atoms. The highest BCUT2D eigenvalue weighted by Gasteiger charge is 2.25. The zero-order valence-corrected chi connectivity index (χ0v) is 27.6. The van der Waals surface area contributed by atoms with Gasteiger partial charge in [0.1, 0.15) is 18.5 Å². The van der Waals surface area contributed by atoms with E-state index in [4.69, 9.17) is 18.9 Å². The summed E-state index contributed by atoms with van der Waals surface area (Å²) in [5.41, 5.74) is 10.6. The number of rotatable bonds is 14. The van der Waals surface area contributed by atoms with Crippen molar-refractivity contribution < 1.29 is 23.7 Å². The standard InChI is InChI=1S/C43H42O5/c1-3-46-43(44)41(45-2)29-32-18-24-37(25-19-32)47-27-28-48-42-39-16-10-15-34(20-17-31-11-6-4-7-12-31)38(39)26-23-35-21-22-36(30-40(35)42)33-13-8-5-9-14-33/h4-16,18-19,21-26,30,41-42H,3,17,20,27-29H2,1-2H3. The Kier molecular flexibility index (Phi) is 11.1. The largest absolute Gasteiger partial charge is 0.491 e. The van der Waals surface area contributed by atoms with E-state index < -0.39 is 6.10 Å². The molecule has 0 aromatic heterocycles. The number of carbonyl (C=O) groups is 1. The minimum Gasteiger partial charge on any atom is -0.491 e. The van der Waals surface area contributed by atoms with Crippen LogP contribution in [-0.4, -0.2) is 39.0 Å². The fourth-order valence-corrected chi connectivity index (χ4v) is 6.25. The number of hydrogen-bond donors (Lipinski definition) is 0. The Hall–Kier alpha value is -4.97. The smallest absolute Gasteiger partial charge is 0.335 e. The molecule has 0 fully saturated rings. The van der Waals surface area contributed by atoms with Gasteiger partial charge in [-0.15, -0.1) is 0 Å². The summed E-state index contributed by atoms with van der Waals surface area (Å²) in [5, 5.41) is 0. The Labute approximate surface area is 283 Å². The lowest BCUT2D eigenvalue weighted by Crippen LogP contribution is -2.27. The number of carbonyl (C=O) groups excluding carboxylic acids is 1. The Balaban J connectivity index is 1.20. The molecule has 2 atom stereocenters. The number of fused-ring (bicyclic) bond motifs is 2. The van der Waals surface area contributed by atoms with Gasteiger partial charge in [-0.2, -0.15) is 0 Å². The fraction of sp³-hybridized carbons (Fsp3) is 0.233. The van der Waals surface area contributed by atoms with Crippen molar-refractivity contribution in [2.75, 3.05) is 26.9 Å². The molecule has 5 nitrogen and oxygen atoms in total. The van der Waals surface area contributed by atoms with Gasteiger partial charge in [0, 0.05) is 13.5 Å². The van der Waals surface area contributed by atoms with Crippen LogP contribution in [0, 0.1) is 0 Å². The van der Waals surface area contributed by atoms with Crippen LogP contribution in [0.1, 0.15) is 52.0 Å². The Morgan fingerprint density at radius 3 is 2.23 bits per heavy atom. The zero-order chi connectivity index (χ0) is 33.1. The highest BCUT2D eigenvalue weighted by Crippen LogP contribution is 2.39. The van der Waals surface area contributed by atoms with E-state index in [0.717, 1.165) is 40.8 Å². The SMILES string of the molecule is CCOC(=O)C(Cc1ccc(OCCOC2c3cc(-c4ccccc4)ccc3C=Cc3c(CCc4ccccc4)cccc32)cc1)OC. The van der Waals surface area contributed by atoms with Crippen molar-refractivity contribution in [3.8, 4) is 16.9 Å². The van der Waals surface area contributed by atoms with E-state index in [-0.39, 0.29) is 12.1 Å². The molecule has 1 aliphatic carbocycles. The molecule has 5 heteroatoms. The molecular weight excluding hydrogens is 596 g/mol. The van der Waals surface area contributed by atoms with Crippen LogP contribution >= 0.6 is 0 Å². The topological polar surface area (TPSA) is 54.0 Å². The molecule has 48 heavy (non-hydrogen) atoms. The predicted molar refractivity (Wildman–Crippen MR) is 192 cm³/mol. The van der Waals surface area contributed by atoms with E-state index in [9.17, 15) is 4.79 Å². The maximum atomic E-state index is 12.1. The number of aryl methyl sites for hydroxylation is 2. The third-order valence-corrected chi connectivity index (χ3v) is 8.76. The average Bonchev–Trinajstić information content (AvgIpc) is 3.29. The first kappa shape index (κ1) is 33.0. The summed E-state index contributed by atoms with van der Waals surface area (Å²) in [7, 11) is 1.52. The lowest BCUT2D eigenvalue weighted by Gasteiger charge is -2.23. The molecule has 1 aliphatic rings. The second kappa shape index (κ2) is 16.2. The van der Waals surface area contributed by atoms with E-state index in [1.54, 1.807) is 6.92 Å². The molecular formula is C43H42O5. The van der Waals surface area contributed by atoms with Crippen molar-refractivity contribution in [2.24, 2.45) is 0 Å². The maximum absolute atomic E-state index is 12.1. The highest BCUT2D eigenvalue weighted by molar-refractivity contribution is 5.80. The fourth-order valence-electron chi connectivity index (χ4n) is 6.25. The summed E-state index contributed by atoms with van der Waals surface area (Å²) < 4.78 is 23.3. The number of methoxy groups -OCH3 is 1. The third kappa shape index (κ3) is 8.11. The first-order chi connectivity index (χ1) is 23.6. The van der Waals surface area contributed by atoms with Gasteiger partial charge in [0.05, 0.1) is 13.2 Å². The molecule has 6 rings (SSSR count). The van der Waals surface area contributed by atoms with E-state index >= 15 is 0 Å². The minimum atomic E-state index is -0.633. The van der Waals surface area contributed by atoms with Crippen molar-refractivity contribution in [1.82, 2.24) is 0 Å². The Morgan fingerprint density at radius 2 is 1.48 bits per heavy atom. The van der Waals surface area contributed by atoms with Crippen LogP contribution in [0.4, 0.5) is 0 Å². The van der Waals surface area contributed by atoms with Gasteiger partial charge < -0.3 is 18.9 Å². The van der Waals surface area contributed by atoms with Gasteiger partial charge in [0.2, 0.25) is 0 Å². The first-order valence-electron chi connectivity index (χ1n) is 16.7. The number of esters is 1. The van der Waals surface area contributed by atoms with Crippen LogP contribution in [0.3, 0.4) is 0 Å². The van der Waals surface area contributed by atoms with Crippen molar-refractivity contribution in [2.45, 2.75) is 38.4 Å². The summed E-state index contributed by atoms with van der Waals surface area (Å²) in [5.74, 6) is 0.388. The van der Waals surface area contributed by atoms with E-state index in [1.807, 2.05) is 30.3 Å². The van der Waals surface area contributed by atoms with E-state index in [1.165, 1.54) is 34.9 Å². The van der Waals surface area contributed by atoms with Gasteiger partial charge in [-0.1, -0.05) is 115 Å². The molecule has 0 saturated heterocycles. The van der Waals surface area contributed by atoms with Crippen molar-refractivity contribution in [1.29, 1.82) is 0 Å². The molecule has 0 aliphatic heterocycles. The summed E-state index contributed by atoms with van der Waals surface area (Å²) in [4.78, 5) is 12.1. The van der Waals surface area contributed by atoms with Crippen LogP contribution in [-0.2, 0) is 38.3 Å². The van der Waals surface area contributed by atoms with Crippen molar-refractivity contribution in [3.63, 3.8) is 0 Å². The van der Waals surface area contributed by atoms with Gasteiger partial charge in [0.25, 0.3) is 0 Å². The summed E-state index contributed by atoms with van der Waals surface area (Å²) in [6, 6.07) is 42.1. The normalized spacial score (nSPS) is 14.0. The Bertz CT molecular complexity index is 1810. The van der Waals surface area contributed by atoms with E-state index in [0.29, 0.717) is 26.2 Å². The van der Waals surface area contributed by atoms with Crippen molar-refractivity contribution in [3.05, 3.63) is 160 Å². The second-order valence-corrected chi connectivity index (χ2v) is 11.9. The molecule has 0 heterocycles. The molecule has 0 radical (unpaired) electrons. The lowest BCUT2D eigenvalue weighted by atomic mass is 9.90. The van der Waals surface area contributed by atoms with Gasteiger partial charge >= 0.3 is 5.97 Å². The second-order valence-electron chi connectivity index (χ2n) is 11.9. The van der Waals surface area contributed by atoms with E-state index in [2.05, 4.69) is 103 Å². The summed E-state index contributed by atoms with van der Waals surface area (Å²) >= 11 is 0. The lowest BCUT2D eigenvalue weighted by molar-refractivity contribution is -0.154. The maximum Gasteiger partial charge on any atom is 0.335 e. The van der Waals surface area contributed by atoms with Crippen LogP contribution in [0.25, 0.3) is 23.3 Å². The van der Waals surface area contributed by atoms with Crippen LogP contribution in [0.15, 0.2) is 121 Å². The van der Waals surface area contributed by atoms with Crippen LogP contribution in [0.5, 0.6) is 5.75 Å². The summed E-state index contributed by atoms with van der Waals surface area (Å²) in [6.45, 7) is 2.91. The molecule has 0 bridgehead atoms. The average molecular weight is 639 g/mol.